The molecule has 0 spiro atoms. The SMILES string of the molecule is O.[CH2-]C.[CH2-]C.[CH2-]C.[CH2-]C.[Ti+4]. The Morgan fingerprint density at radius 2 is 0.500 bits per heavy atom. The molecule has 0 unspecified atom stereocenters. The Hall–Kier alpha value is 0.674. The monoisotopic (exact) mass is 182 g/mol. The van der Waals surface area contributed by atoms with Crippen LogP contribution in [0.4, 0.5) is 0 Å². The van der Waals surface area contributed by atoms with Gasteiger partial charge in [0, 0.05) is 0 Å². The van der Waals surface area contributed by atoms with Gasteiger partial charge in [0.05, 0.1) is 0 Å². The molecule has 0 aromatic carbocycles. The fraction of sp³-hybridized carbons (Fsp3) is 0.500. The van der Waals surface area contributed by atoms with E-state index in [2.05, 4.69) is 27.7 Å². The zero-order chi connectivity index (χ0) is 8.00. The minimum atomic E-state index is 0. The third-order valence-corrected chi connectivity index (χ3v) is 0. The quantitative estimate of drug-likeness (QED) is 0.407. The van der Waals surface area contributed by atoms with Gasteiger partial charge in [-0.25, -0.2) is 0 Å². The van der Waals surface area contributed by atoms with Gasteiger partial charge in [-0.05, 0) is 0 Å². The fourth-order valence-corrected chi connectivity index (χ4v) is 0. The molecule has 0 bridgehead atoms. The Morgan fingerprint density at radius 3 is 0.500 bits per heavy atom. The van der Waals surface area contributed by atoms with Crippen LogP contribution in [-0.4, -0.2) is 5.48 Å². The first-order valence-electron chi connectivity index (χ1n) is 2.83. The van der Waals surface area contributed by atoms with Crippen molar-refractivity contribution < 1.29 is 27.2 Å². The van der Waals surface area contributed by atoms with Crippen LogP contribution < -0.4 is 0 Å². The summed E-state index contributed by atoms with van der Waals surface area (Å²) in [6, 6.07) is 0. The van der Waals surface area contributed by atoms with E-state index in [1.807, 2.05) is 0 Å². The molecule has 0 aliphatic carbocycles. The summed E-state index contributed by atoms with van der Waals surface area (Å²) in [7, 11) is 0. The van der Waals surface area contributed by atoms with Gasteiger partial charge in [0.2, 0.25) is 0 Å². The van der Waals surface area contributed by atoms with Crippen molar-refractivity contribution in [3.63, 3.8) is 0 Å². The van der Waals surface area contributed by atoms with Crippen LogP contribution in [-0.2, 0) is 21.7 Å². The third-order valence-electron chi connectivity index (χ3n) is 0. The molecular weight excluding hydrogens is 160 g/mol. The Bertz CT molecular complexity index is 9.22. The Morgan fingerprint density at radius 1 is 0.500 bits per heavy atom. The molecule has 0 aliphatic rings. The van der Waals surface area contributed by atoms with Crippen molar-refractivity contribution in [2.75, 3.05) is 0 Å². The maximum atomic E-state index is 3.25. The zero-order valence-electron chi connectivity index (χ0n) is 7.83. The second-order valence-corrected chi connectivity index (χ2v) is 0. The van der Waals surface area contributed by atoms with Crippen molar-refractivity contribution in [1.29, 1.82) is 0 Å². The van der Waals surface area contributed by atoms with E-state index < -0.39 is 0 Å². The molecule has 0 aromatic heterocycles. The van der Waals surface area contributed by atoms with E-state index in [1.165, 1.54) is 0 Å². The van der Waals surface area contributed by atoms with Gasteiger partial charge in [0.1, 0.15) is 0 Å². The van der Waals surface area contributed by atoms with Crippen LogP contribution >= 0.6 is 0 Å². The standard InChI is InChI=1S/4C2H5.H2O.Ti/c4*1-2;;/h4*1H2,2H3;1H2;/q4*-1;;+4. The first-order valence-corrected chi connectivity index (χ1v) is 2.83. The molecule has 0 heterocycles. The Labute approximate surface area is 82.8 Å². The van der Waals surface area contributed by atoms with Crippen LogP contribution in [0.2, 0.25) is 0 Å². The van der Waals surface area contributed by atoms with Gasteiger partial charge in [-0.15, -0.1) is 0 Å². The van der Waals surface area contributed by atoms with E-state index in [9.17, 15) is 0 Å². The summed E-state index contributed by atoms with van der Waals surface area (Å²) in [4.78, 5) is 0. The van der Waals surface area contributed by atoms with E-state index in [4.69, 9.17) is 0 Å². The molecule has 2 N–H and O–H groups in total. The molecule has 10 heavy (non-hydrogen) atoms. The second-order valence-electron chi connectivity index (χ2n) is 0. The number of hydrogen-bond donors (Lipinski definition) is 0. The van der Waals surface area contributed by atoms with Crippen LogP contribution in [0.25, 0.3) is 0 Å². The summed E-state index contributed by atoms with van der Waals surface area (Å²) >= 11 is 0. The number of hydrogen-bond acceptors (Lipinski definition) is 0. The average Bonchev–Trinajstić information content (AvgIpc) is 2.03. The van der Waals surface area contributed by atoms with Crippen molar-refractivity contribution in [2.45, 2.75) is 27.7 Å². The summed E-state index contributed by atoms with van der Waals surface area (Å²) in [5, 5.41) is 0. The summed E-state index contributed by atoms with van der Waals surface area (Å²) in [6.07, 6.45) is 0. The van der Waals surface area contributed by atoms with Crippen LogP contribution in [0.5, 0.6) is 0 Å². The molecule has 2 heteroatoms. The minimum Gasteiger partial charge on any atom is -0.412 e. The fourth-order valence-electron chi connectivity index (χ4n) is 0. The third kappa shape index (κ3) is 1120. The molecular formula is C8H22OTi. The molecule has 64 valence electrons. The van der Waals surface area contributed by atoms with Gasteiger partial charge >= 0.3 is 21.7 Å². The van der Waals surface area contributed by atoms with E-state index in [0.717, 1.165) is 0 Å². The van der Waals surface area contributed by atoms with E-state index >= 15 is 0 Å². The summed E-state index contributed by atoms with van der Waals surface area (Å²) in [5.41, 5.74) is 0. The van der Waals surface area contributed by atoms with Crippen LogP contribution in [0.1, 0.15) is 27.7 Å². The Kier molecular flexibility index (Phi) is 7320. The largest absolute Gasteiger partial charge is 4.00 e. The van der Waals surface area contributed by atoms with Crippen molar-refractivity contribution in [2.24, 2.45) is 0 Å². The predicted molar refractivity (Wildman–Crippen MR) is 47.7 cm³/mol. The summed E-state index contributed by atoms with van der Waals surface area (Å²) < 4.78 is 0. The van der Waals surface area contributed by atoms with Crippen LogP contribution in [0.3, 0.4) is 0 Å². The normalized spacial score (nSPS) is 2.40. The molecule has 1 nitrogen and oxygen atoms in total. The Balaban J connectivity index is -0.00000000500. The number of rotatable bonds is 0. The molecule has 0 saturated carbocycles. The van der Waals surface area contributed by atoms with Gasteiger partial charge in [-0.1, -0.05) is 0 Å². The maximum absolute atomic E-state index is 3.25. The molecule has 0 saturated heterocycles. The topological polar surface area (TPSA) is 31.5 Å². The molecule has 0 aromatic rings. The predicted octanol–water partition coefficient (Wildman–Crippen LogP) is 2.53. The molecule has 0 rings (SSSR count). The van der Waals surface area contributed by atoms with Gasteiger partial charge in [-0.2, -0.15) is 27.7 Å². The van der Waals surface area contributed by atoms with Gasteiger partial charge in [0.25, 0.3) is 0 Å². The summed E-state index contributed by atoms with van der Waals surface area (Å²) in [6.45, 7) is 20.0. The zero-order valence-corrected chi connectivity index (χ0v) is 9.39. The van der Waals surface area contributed by atoms with E-state index in [-0.39, 0.29) is 27.2 Å². The minimum absolute atomic E-state index is 0. The van der Waals surface area contributed by atoms with E-state index in [1.54, 1.807) is 27.7 Å². The van der Waals surface area contributed by atoms with Crippen molar-refractivity contribution in [1.82, 2.24) is 0 Å². The molecule has 0 aliphatic heterocycles. The molecule has 0 fully saturated rings. The summed E-state index contributed by atoms with van der Waals surface area (Å²) in [5.74, 6) is 0. The maximum Gasteiger partial charge on any atom is 4.00 e. The van der Waals surface area contributed by atoms with Crippen LogP contribution in [0, 0.1) is 27.7 Å². The molecule has 0 amide bonds. The first-order chi connectivity index (χ1) is 4.00. The van der Waals surface area contributed by atoms with Gasteiger partial charge in [0.15, 0.2) is 0 Å². The molecule has 0 radical (unpaired) electrons. The molecule has 0 atom stereocenters. The van der Waals surface area contributed by atoms with Crippen molar-refractivity contribution >= 4 is 0 Å². The van der Waals surface area contributed by atoms with Crippen LogP contribution in [0.15, 0.2) is 0 Å². The van der Waals surface area contributed by atoms with Crippen molar-refractivity contribution in [3.8, 4) is 0 Å². The average molecular weight is 182 g/mol. The van der Waals surface area contributed by atoms with Gasteiger partial charge in [-0.3, -0.25) is 0 Å². The van der Waals surface area contributed by atoms with E-state index in [0.29, 0.717) is 0 Å². The second kappa shape index (κ2) is 1600. The first kappa shape index (κ1) is 45.7. The van der Waals surface area contributed by atoms with Crippen molar-refractivity contribution in [3.05, 3.63) is 27.7 Å². The van der Waals surface area contributed by atoms with Gasteiger partial charge < -0.3 is 33.2 Å². The smallest absolute Gasteiger partial charge is 0.412 e.